The molecule has 0 aliphatic rings. The third kappa shape index (κ3) is 2.78. The molecule has 0 atom stereocenters. The minimum atomic E-state index is -0.518. The second-order valence-corrected chi connectivity index (χ2v) is 5.26. The zero-order valence-corrected chi connectivity index (χ0v) is 12.6. The lowest BCUT2D eigenvalue weighted by Gasteiger charge is -2.09. The van der Waals surface area contributed by atoms with E-state index in [2.05, 4.69) is 14.7 Å². The Hall–Kier alpha value is -3.15. The highest BCUT2D eigenvalue weighted by Gasteiger charge is 2.09. The van der Waals surface area contributed by atoms with Crippen LogP contribution in [-0.4, -0.2) is 10.9 Å². The van der Waals surface area contributed by atoms with Crippen molar-refractivity contribution in [1.82, 2.24) is 4.98 Å². The highest BCUT2D eigenvalue weighted by molar-refractivity contribution is 6.04. The number of hydrogen-bond donors (Lipinski definition) is 2. The van der Waals surface area contributed by atoms with Crippen LogP contribution in [0.25, 0.3) is 10.9 Å². The number of nitrogens with one attached hydrogen (secondary N) is 2. The Morgan fingerprint density at radius 2 is 1.87 bits per heavy atom. The molecule has 0 radical (unpaired) electrons. The van der Waals surface area contributed by atoms with Crippen LogP contribution >= 0.6 is 0 Å². The van der Waals surface area contributed by atoms with Crippen molar-refractivity contribution in [2.24, 2.45) is 0 Å². The minimum Gasteiger partial charge on any atom is -0.430 e. The molecule has 1 aromatic carbocycles. The summed E-state index contributed by atoms with van der Waals surface area (Å²) in [6.45, 7) is 3.66. The summed E-state index contributed by atoms with van der Waals surface area (Å²) < 4.78 is 4.67. The van der Waals surface area contributed by atoms with Crippen LogP contribution in [0.3, 0.4) is 0 Å². The van der Waals surface area contributed by atoms with Gasteiger partial charge < -0.3 is 14.7 Å². The van der Waals surface area contributed by atoms with E-state index < -0.39 is 11.5 Å². The lowest BCUT2D eigenvalue weighted by molar-refractivity contribution is 0.102. The molecule has 0 saturated heterocycles. The van der Waals surface area contributed by atoms with Crippen molar-refractivity contribution >= 4 is 22.5 Å². The van der Waals surface area contributed by atoms with Crippen molar-refractivity contribution in [3.05, 3.63) is 74.1 Å². The summed E-state index contributed by atoms with van der Waals surface area (Å²) in [5.41, 5.74) is 2.33. The fourth-order valence-electron chi connectivity index (χ4n) is 2.33. The Balaban J connectivity index is 1.96. The van der Waals surface area contributed by atoms with Crippen molar-refractivity contribution in [2.75, 3.05) is 5.32 Å². The van der Waals surface area contributed by atoms with Crippen molar-refractivity contribution in [2.45, 2.75) is 13.8 Å². The van der Waals surface area contributed by atoms with Gasteiger partial charge in [-0.25, -0.2) is 4.79 Å². The normalized spacial score (nSPS) is 10.7. The number of anilines is 1. The molecule has 3 aromatic rings. The van der Waals surface area contributed by atoms with E-state index in [4.69, 9.17) is 0 Å². The average Bonchev–Trinajstić information content (AvgIpc) is 2.53. The van der Waals surface area contributed by atoms with Gasteiger partial charge in [0.05, 0.1) is 11.1 Å². The third-order valence-electron chi connectivity index (χ3n) is 3.80. The van der Waals surface area contributed by atoms with E-state index in [0.29, 0.717) is 16.8 Å². The predicted molar refractivity (Wildman–Crippen MR) is 87.0 cm³/mol. The summed E-state index contributed by atoms with van der Waals surface area (Å²) in [5.74, 6) is -0.403. The van der Waals surface area contributed by atoms with Gasteiger partial charge >= 0.3 is 5.63 Å². The number of fused-ring (bicyclic) bond motifs is 1. The SMILES string of the molecule is Cc1c(C)c2ccc(NC(=O)c3ccc(=O)oc3)cc2[nH]c1=O. The number of amides is 1. The fourth-order valence-corrected chi connectivity index (χ4v) is 2.33. The predicted octanol–water partition coefficient (Wildman–Crippen LogP) is 2.35. The van der Waals surface area contributed by atoms with E-state index in [1.165, 1.54) is 12.1 Å². The van der Waals surface area contributed by atoms with Gasteiger partial charge in [0.2, 0.25) is 0 Å². The first kappa shape index (κ1) is 14.8. The van der Waals surface area contributed by atoms with E-state index in [0.717, 1.165) is 17.2 Å². The zero-order chi connectivity index (χ0) is 16.6. The molecule has 0 aliphatic carbocycles. The zero-order valence-electron chi connectivity index (χ0n) is 12.6. The topological polar surface area (TPSA) is 92.2 Å². The van der Waals surface area contributed by atoms with E-state index >= 15 is 0 Å². The van der Waals surface area contributed by atoms with E-state index in [1.807, 2.05) is 13.0 Å². The number of pyridine rings is 1. The molecule has 1 amide bonds. The van der Waals surface area contributed by atoms with Crippen LogP contribution in [0.5, 0.6) is 0 Å². The summed E-state index contributed by atoms with van der Waals surface area (Å²) in [7, 11) is 0. The third-order valence-corrected chi connectivity index (χ3v) is 3.80. The van der Waals surface area contributed by atoms with Gasteiger partial charge in [-0.3, -0.25) is 9.59 Å². The van der Waals surface area contributed by atoms with E-state index in [1.54, 1.807) is 19.1 Å². The number of H-pyrrole nitrogens is 1. The standard InChI is InChI=1S/C17H14N2O4/c1-9-10(2)16(21)19-14-7-12(4-5-13(9)14)18-17(22)11-3-6-15(20)23-8-11/h3-8H,1-2H3,(H,18,22)(H,19,21). The molecular formula is C17H14N2O4. The Labute approximate surface area is 130 Å². The molecule has 2 N–H and O–H groups in total. The Kier molecular flexibility index (Phi) is 3.57. The molecule has 0 spiro atoms. The molecule has 3 rings (SSSR count). The van der Waals surface area contributed by atoms with Gasteiger partial charge in [0.1, 0.15) is 6.26 Å². The van der Waals surface area contributed by atoms with E-state index in [9.17, 15) is 14.4 Å². The largest absolute Gasteiger partial charge is 0.430 e. The smallest absolute Gasteiger partial charge is 0.335 e. The second-order valence-electron chi connectivity index (χ2n) is 5.26. The number of rotatable bonds is 2. The molecule has 0 saturated carbocycles. The maximum atomic E-state index is 12.1. The van der Waals surface area contributed by atoms with Crippen molar-refractivity contribution in [1.29, 1.82) is 0 Å². The number of hydrogen-bond acceptors (Lipinski definition) is 4. The molecule has 0 fully saturated rings. The van der Waals surface area contributed by atoms with Gasteiger partial charge in [-0.05, 0) is 37.6 Å². The number of carbonyl (C=O) groups is 1. The number of aromatic amines is 1. The molecular weight excluding hydrogens is 296 g/mol. The Morgan fingerprint density at radius 3 is 2.57 bits per heavy atom. The molecule has 23 heavy (non-hydrogen) atoms. The quantitative estimate of drug-likeness (QED) is 0.760. The summed E-state index contributed by atoms with van der Waals surface area (Å²) in [4.78, 5) is 37.7. The molecule has 0 bridgehead atoms. The van der Waals surface area contributed by atoms with Gasteiger partial charge in [-0.15, -0.1) is 0 Å². The molecule has 6 nitrogen and oxygen atoms in total. The summed E-state index contributed by atoms with van der Waals surface area (Å²) >= 11 is 0. The lowest BCUT2D eigenvalue weighted by atomic mass is 10.1. The fraction of sp³-hybridized carbons (Fsp3) is 0.118. The minimum absolute atomic E-state index is 0.150. The van der Waals surface area contributed by atoms with Crippen LogP contribution < -0.4 is 16.5 Å². The van der Waals surface area contributed by atoms with Gasteiger partial charge in [-0.2, -0.15) is 0 Å². The van der Waals surface area contributed by atoms with Gasteiger partial charge in [0.15, 0.2) is 0 Å². The number of benzene rings is 1. The summed E-state index contributed by atoms with van der Waals surface area (Å²) in [5, 5.41) is 3.62. The first-order chi connectivity index (χ1) is 11.0. The Morgan fingerprint density at radius 1 is 1.09 bits per heavy atom. The maximum absolute atomic E-state index is 12.1. The molecule has 0 aliphatic heterocycles. The highest BCUT2D eigenvalue weighted by Crippen LogP contribution is 2.21. The molecule has 6 heteroatoms. The van der Waals surface area contributed by atoms with Crippen molar-refractivity contribution in [3.63, 3.8) is 0 Å². The Bertz CT molecular complexity index is 1010. The molecule has 116 valence electrons. The highest BCUT2D eigenvalue weighted by atomic mass is 16.4. The first-order valence-electron chi connectivity index (χ1n) is 6.99. The van der Waals surface area contributed by atoms with Crippen LogP contribution in [0.15, 0.2) is 50.6 Å². The van der Waals surface area contributed by atoms with Crippen molar-refractivity contribution in [3.8, 4) is 0 Å². The van der Waals surface area contributed by atoms with Gasteiger partial charge in [-0.1, -0.05) is 6.07 Å². The molecule has 0 unspecified atom stereocenters. The van der Waals surface area contributed by atoms with Crippen LogP contribution in [0.2, 0.25) is 0 Å². The first-order valence-corrected chi connectivity index (χ1v) is 6.99. The number of aryl methyl sites for hydroxylation is 1. The monoisotopic (exact) mass is 310 g/mol. The molecule has 2 aromatic heterocycles. The second kappa shape index (κ2) is 5.57. The maximum Gasteiger partial charge on any atom is 0.335 e. The van der Waals surface area contributed by atoms with Crippen LogP contribution in [0, 0.1) is 13.8 Å². The number of aromatic nitrogens is 1. The molecule has 2 heterocycles. The van der Waals surface area contributed by atoms with Crippen LogP contribution in [0.4, 0.5) is 5.69 Å². The van der Waals surface area contributed by atoms with Crippen molar-refractivity contribution < 1.29 is 9.21 Å². The van der Waals surface area contributed by atoms with E-state index in [-0.39, 0.29) is 11.1 Å². The van der Waals surface area contributed by atoms with Gasteiger partial charge in [0, 0.05) is 22.7 Å². The number of carbonyl (C=O) groups excluding carboxylic acids is 1. The average molecular weight is 310 g/mol. The van der Waals surface area contributed by atoms with Crippen LogP contribution in [-0.2, 0) is 0 Å². The summed E-state index contributed by atoms with van der Waals surface area (Å²) in [6.07, 6.45) is 1.11. The van der Waals surface area contributed by atoms with Crippen LogP contribution in [0.1, 0.15) is 21.5 Å². The lowest BCUT2D eigenvalue weighted by Crippen LogP contribution is -2.14. The van der Waals surface area contributed by atoms with Gasteiger partial charge in [0.25, 0.3) is 11.5 Å². The summed E-state index contributed by atoms with van der Waals surface area (Å²) in [6, 6.07) is 7.86.